The Kier molecular flexibility index (Phi) is 6.44. The fraction of sp³-hybridized carbons (Fsp3) is 0.542. The van der Waals surface area contributed by atoms with Crippen LogP contribution in [0.3, 0.4) is 0 Å². The van der Waals surface area contributed by atoms with E-state index >= 15 is 0 Å². The molecule has 2 aliphatic heterocycles. The summed E-state index contributed by atoms with van der Waals surface area (Å²) in [5.74, 6) is 1.12. The van der Waals surface area contributed by atoms with E-state index in [1.807, 2.05) is 0 Å². The Morgan fingerprint density at radius 3 is 2.73 bits per heavy atom. The number of fused-ring (bicyclic) bond motifs is 1. The molecule has 0 radical (unpaired) electrons. The minimum atomic E-state index is -0.0576. The molecule has 3 heterocycles. The zero-order valence-electron chi connectivity index (χ0n) is 18.3. The van der Waals surface area contributed by atoms with Gasteiger partial charge in [-0.1, -0.05) is 32.0 Å². The molecular formula is C24H33N3O3. The number of amides is 1. The van der Waals surface area contributed by atoms with Crippen molar-refractivity contribution in [1.29, 1.82) is 0 Å². The van der Waals surface area contributed by atoms with Gasteiger partial charge in [0.05, 0.1) is 31.6 Å². The third kappa shape index (κ3) is 4.40. The number of morpholine rings is 1. The van der Waals surface area contributed by atoms with Crippen molar-refractivity contribution in [1.82, 2.24) is 10.2 Å². The van der Waals surface area contributed by atoms with Crippen molar-refractivity contribution in [2.45, 2.75) is 45.8 Å². The summed E-state index contributed by atoms with van der Waals surface area (Å²) >= 11 is 0. The van der Waals surface area contributed by atoms with Gasteiger partial charge in [-0.25, -0.2) is 0 Å². The van der Waals surface area contributed by atoms with Crippen LogP contribution in [0.5, 0.6) is 0 Å². The molecule has 1 saturated heterocycles. The predicted molar refractivity (Wildman–Crippen MR) is 118 cm³/mol. The number of ether oxygens (including phenoxy) is 1. The van der Waals surface area contributed by atoms with Gasteiger partial charge in [0.25, 0.3) is 5.91 Å². The molecule has 6 nitrogen and oxygen atoms in total. The number of nitrogens with one attached hydrogen (secondary N) is 1. The maximum atomic E-state index is 13.0. The fourth-order valence-electron chi connectivity index (χ4n) is 4.68. The lowest BCUT2D eigenvalue weighted by molar-refractivity contribution is 0.00672. The largest absolute Gasteiger partial charge is 0.467 e. The van der Waals surface area contributed by atoms with Gasteiger partial charge in [0, 0.05) is 37.4 Å². The molecule has 4 rings (SSSR count). The number of hydrogen-bond donors (Lipinski definition) is 1. The van der Waals surface area contributed by atoms with Crippen LogP contribution in [-0.4, -0.2) is 55.7 Å². The lowest BCUT2D eigenvalue weighted by Gasteiger charge is -2.36. The first kappa shape index (κ1) is 20.9. The molecule has 0 spiro atoms. The monoisotopic (exact) mass is 411 g/mol. The van der Waals surface area contributed by atoms with Crippen molar-refractivity contribution in [3.63, 3.8) is 0 Å². The maximum absolute atomic E-state index is 13.0. The van der Waals surface area contributed by atoms with Gasteiger partial charge in [-0.3, -0.25) is 9.69 Å². The molecular weight excluding hydrogens is 378 g/mol. The highest BCUT2D eigenvalue weighted by Gasteiger charge is 2.29. The average molecular weight is 412 g/mol. The smallest absolute Gasteiger partial charge is 0.254 e. The summed E-state index contributed by atoms with van der Waals surface area (Å²) in [7, 11) is 0. The summed E-state index contributed by atoms with van der Waals surface area (Å²) in [6, 6.07) is 11.0. The van der Waals surface area contributed by atoms with Crippen LogP contribution in [0, 0.1) is 5.92 Å². The van der Waals surface area contributed by atoms with Gasteiger partial charge in [0.15, 0.2) is 0 Å². The van der Waals surface area contributed by atoms with Crippen LogP contribution >= 0.6 is 0 Å². The third-order valence-electron chi connectivity index (χ3n) is 6.41. The first-order chi connectivity index (χ1) is 14.5. The maximum Gasteiger partial charge on any atom is 0.254 e. The molecule has 0 saturated carbocycles. The second-order valence-electron chi connectivity index (χ2n) is 8.74. The molecule has 0 aliphatic carbocycles. The number of rotatable bonds is 7. The van der Waals surface area contributed by atoms with E-state index in [9.17, 15) is 4.79 Å². The van der Waals surface area contributed by atoms with Crippen molar-refractivity contribution in [3.05, 3.63) is 53.5 Å². The highest BCUT2D eigenvalue weighted by molar-refractivity contribution is 5.95. The van der Waals surface area contributed by atoms with E-state index in [0.29, 0.717) is 36.7 Å². The summed E-state index contributed by atoms with van der Waals surface area (Å²) in [6.07, 6.45) is 2.65. The van der Waals surface area contributed by atoms with Crippen LogP contribution in [-0.2, 0) is 17.7 Å². The molecule has 30 heavy (non-hydrogen) atoms. The lowest BCUT2D eigenvalue weighted by Crippen LogP contribution is -2.51. The highest BCUT2D eigenvalue weighted by atomic mass is 16.5. The van der Waals surface area contributed by atoms with E-state index < -0.39 is 0 Å². The highest BCUT2D eigenvalue weighted by Crippen LogP contribution is 2.33. The average Bonchev–Trinajstić information content (AvgIpc) is 3.33. The molecule has 1 N–H and O–H groups in total. The summed E-state index contributed by atoms with van der Waals surface area (Å²) in [5.41, 5.74) is 3.23. The molecule has 2 aromatic rings. The summed E-state index contributed by atoms with van der Waals surface area (Å²) < 4.78 is 11.2. The van der Waals surface area contributed by atoms with Crippen LogP contribution in [0.2, 0.25) is 0 Å². The fourth-order valence-corrected chi connectivity index (χ4v) is 4.68. The van der Waals surface area contributed by atoms with E-state index in [-0.39, 0.29) is 5.91 Å². The molecule has 2 aliphatic rings. The Hall–Kier alpha value is -2.31. The van der Waals surface area contributed by atoms with Crippen LogP contribution in [0.4, 0.5) is 5.69 Å². The van der Waals surface area contributed by atoms with E-state index in [4.69, 9.17) is 9.15 Å². The first-order valence-electron chi connectivity index (χ1n) is 11.1. The van der Waals surface area contributed by atoms with Crippen molar-refractivity contribution in [2.75, 3.05) is 37.7 Å². The van der Waals surface area contributed by atoms with Gasteiger partial charge < -0.3 is 19.4 Å². The summed E-state index contributed by atoms with van der Waals surface area (Å²) in [5, 5.41) is 3.16. The van der Waals surface area contributed by atoms with E-state index in [2.05, 4.69) is 60.2 Å². The number of carbonyl (C=O) groups is 1. The van der Waals surface area contributed by atoms with Crippen LogP contribution in [0.1, 0.15) is 42.5 Å². The zero-order chi connectivity index (χ0) is 21.1. The minimum absolute atomic E-state index is 0.0576. The lowest BCUT2D eigenvalue weighted by atomic mass is 10.0. The minimum Gasteiger partial charge on any atom is -0.467 e. The Morgan fingerprint density at radius 1 is 1.20 bits per heavy atom. The van der Waals surface area contributed by atoms with Gasteiger partial charge in [-0.05, 0) is 37.0 Å². The molecule has 0 unspecified atom stereocenters. The normalized spacial score (nSPS) is 20.4. The number of hydrogen-bond acceptors (Lipinski definition) is 5. The molecule has 162 valence electrons. The number of anilines is 1. The quantitative estimate of drug-likeness (QED) is 0.758. The molecule has 1 fully saturated rings. The molecule has 2 atom stereocenters. The predicted octanol–water partition coefficient (Wildman–Crippen LogP) is 3.32. The Bertz CT molecular complexity index is 857. The Morgan fingerprint density at radius 2 is 1.97 bits per heavy atom. The molecule has 1 amide bonds. The molecule has 1 aromatic heterocycles. The molecule has 6 heteroatoms. The number of benzene rings is 1. The van der Waals surface area contributed by atoms with E-state index in [1.165, 1.54) is 11.3 Å². The Balaban J connectivity index is 1.42. The summed E-state index contributed by atoms with van der Waals surface area (Å²) in [6.45, 7) is 11.2. The number of furan rings is 1. The van der Waals surface area contributed by atoms with Gasteiger partial charge in [0.1, 0.15) is 5.76 Å². The SMILES string of the molecule is CC(C)[C@H](CNC(=O)c1ccoc1CN1c2ccccc2C[C@@H]1C)N1CCOCC1. The van der Waals surface area contributed by atoms with Gasteiger partial charge in [0.2, 0.25) is 0 Å². The van der Waals surface area contributed by atoms with Gasteiger partial charge in [-0.15, -0.1) is 0 Å². The molecule has 0 bridgehead atoms. The third-order valence-corrected chi connectivity index (χ3v) is 6.41. The van der Waals surface area contributed by atoms with Crippen molar-refractivity contribution in [2.24, 2.45) is 5.92 Å². The second-order valence-corrected chi connectivity index (χ2v) is 8.74. The summed E-state index contributed by atoms with van der Waals surface area (Å²) in [4.78, 5) is 17.8. The topological polar surface area (TPSA) is 58.0 Å². The van der Waals surface area contributed by atoms with E-state index in [0.717, 1.165) is 38.5 Å². The Labute approximate surface area is 179 Å². The van der Waals surface area contributed by atoms with Gasteiger partial charge >= 0.3 is 0 Å². The zero-order valence-corrected chi connectivity index (χ0v) is 18.3. The van der Waals surface area contributed by atoms with E-state index in [1.54, 1.807) is 12.3 Å². The second kappa shape index (κ2) is 9.23. The van der Waals surface area contributed by atoms with Crippen LogP contribution in [0.25, 0.3) is 0 Å². The standard InChI is InChI=1S/C24H33N3O3/c1-17(2)22(26-9-12-29-13-10-26)15-25-24(28)20-8-11-30-23(20)16-27-18(3)14-19-6-4-5-7-21(19)27/h4-8,11,17-18,22H,9-10,12-16H2,1-3H3,(H,25,28)/t18-,22-/m0/s1. The van der Waals surface area contributed by atoms with Crippen LogP contribution < -0.4 is 10.2 Å². The van der Waals surface area contributed by atoms with Crippen molar-refractivity contribution in [3.8, 4) is 0 Å². The first-order valence-corrected chi connectivity index (χ1v) is 11.1. The van der Waals surface area contributed by atoms with Crippen molar-refractivity contribution < 1.29 is 13.9 Å². The number of carbonyl (C=O) groups excluding carboxylic acids is 1. The van der Waals surface area contributed by atoms with Crippen molar-refractivity contribution >= 4 is 11.6 Å². The van der Waals surface area contributed by atoms with Crippen LogP contribution in [0.15, 0.2) is 41.0 Å². The number of para-hydroxylation sites is 1. The van der Waals surface area contributed by atoms with Gasteiger partial charge in [-0.2, -0.15) is 0 Å². The molecule has 1 aromatic carbocycles. The number of nitrogens with zero attached hydrogens (tertiary/aromatic N) is 2.